The molecule has 1 aliphatic rings. The second-order valence-corrected chi connectivity index (χ2v) is 8.43. The van der Waals surface area contributed by atoms with Crippen molar-refractivity contribution in [1.82, 2.24) is 0 Å². The SMILES string of the molecule is CC(C)c1cc(C(=O)Nc2ccccc2)c(NC(=O)[C@H]2CC=CC[C@@H]2C(=O)O)s1. The molecule has 7 heteroatoms. The van der Waals surface area contributed by atoms with E-state index in [0.717, 1.165) is 4.88 Å². The molecule has 0 bridgehead atoms. The van der Waals surface area contributed by atoms with Crippen LogP contribution >= 0.6 is 11.3 Å². The van der Waals surface area contributed by atoms with Gasteiger partial charge in [0.05, 0.1) is 17.4 Å². The molecule has 1 aliphatic carbocycles. The van der Waals surface area contributed by atoms with Crippen molar-refractivity contribution in [3.05, 3.63) is 59.0 Å². The van der Waals surface area contributed by atoms with Crippen LogP contribution < -0.4 is 10.6 Å². The van der Waals surface area contributed by atoms with Crippen LogP contribution in [0.4, 0.5) is 10.7 Å². The van der Waals surface area contributed by atoms with Crippen LogP contribution in [0.3, 0.4) is 0 Å². The highest BCUT2D eigenvalue weighted by Crippen LogP contribution is 2.35. The Labute approximate surface area is 173 Å². The number of hydrogen-bond donors (Lipinski definition) is 3. The van der Waals surface area contributed by atoms with Gasteiger partial charge < -0.3 is 15.7 Å². The number of carbonyl (C=O) groups excluding carboxylic acids is 2. The summed E-state index contributed by atoms with van der Waals surface area (Å²) < 4.78 is 0. The zero-order chi connectivity index (χ0) is 21.0. The highest BCUT2D eigenvalue weighted by molar-refractivity contribution is 7.16. The Morgan fingerprint density at radius 1 is 1.03 bits per heavy atom. The molecular formula is C22H24N2O4S. The third kappa shape index (κ3) is 4.92. The summed E-state index contributed by atoms with van der Waals surface area (Å²) in [4.78, 5) is 38.2. The van der Waals surface area contributed by atoms with Crippen molar-refractivity contribution in [2.24, 2.45) is 11.8 Å². The molecule has 1 aromatic carbocycles. The molecule has 3 rings (SSSR count). The summed E-state index contributed by atoms with van der Waals surface area (Å²) in [6, 6.07) is 10.9. The second-order valence-electron chi connectivity index (χ2n) is 7.35. The first-order valence-corrected chi connectivity index (χ1v) is 10.4. The van der Waals surface area contributed by atoms with Crippen LogP contribution in [-0.4, -0.2) is 22.9 Å². The molecule has 0 spiro atoms. The van der Waals surface area contributed by atoms with E-state index in [-0.39, 0.29) is 17.7 Å². The number of para-hydroxylation sites is 1. The van der Waals surface area contributed by atoms with Crippen LogP contribution in [0.15, 0.2) is 48.6 Å². The number of aliphatic carboxylic acids is 1. The summed E-state index contributed by atoms with van der Waals surface area (Å²) in [6.45, 7) is 4.03. The number of carboxylic acid groups (broad SMARTS) is 1. The zero-order valence-electron chi connectivity index (χ0n) is 16.3. The highest BCUT2D eigenvalue weighted by atomic mass is 32.1. The second kappa shape index (κ2) is 9.05. The highest BCUT2D eigenvalue weighted by Gasteiger charge is 2.34. The Balaban J connectivity index is 1.84. The minimum Gasteiger partial charge on any atom is -0.481 e. The number of hydrogen-bond acceptors (Lipinski definition) is 4. The first kappa shape index (κ1) is 20.8. The molecule has 0 fully saturated rings. The Morgan fingerprint density at radius 3 is 2.31 bits per heavy atom. The van der Waals surface area contributed by atoms with Crippen molar-refractivity contribution in [2.45, 2.75) is 32.6 Å². The number of thiophene rings is 1. The monoisotopic (exact) mass is 412 g/mol. The van der Waals surface area contributed by atoms with E-state index in [0.29, 0.717) is 29.1 Å². The number of carboxylic acids is 1. The van der Waals surface area contributed by atoms with Gasteiger partial charge in [0, 0.05) is 10.6 Å². The van der Waals surface area contributed by atoms with Gasteiger partial charge in [-0.05, 0) is 37.0 Å². The van der Waals surface area contributed by atoms with E-state index in [4.69, 9.17) is 0 Å². The van der Waals surface area contributed by atoms with Gasteiger partial charge in [0.15, 0.2) is 0 Å². The topological polar surface area (TPSA) is 95.5 Å². The van der Waals surface area contributed by atoms with Crippen LogP contribution in [0.1, 0.15) is 47.8 Å². The number of rotatable bonds is 6. The van der Waals surface area contributed by atoms with E-state index in [1.165, 1.54) is 11.3 Å². The van der Waals surface area contributed by atoms with Crippen molar-refractivity contribution >= 4 is 39.8 Å². The maximum absolute atomic E-state index is 12.9. The lowest BCUT2D eigenvalue weighted by atomic mass is 9.82. The van der Waals surface area contributed by atoms with Crippen molar-refractivity contribution in [1.29, 1.82) is 0 Å². The Morgan fingerprint density at radius 2 is 1.69 bits per heavy atom. The quantitative estimate of drug-likeness (QED) is 0.598. The molecular weight excluding hydrogens is 388 g/mol. The number of amides is 2. The van der Waals surface area contributed by atoms with Gasteiger partial charge in [-0.1, -0.05) is 44.2 Å². The van der Waals surface area contributed by atoms with Crippen LogP contribution in [-0.2, 0) is 9.59 Å². The normalized spacial score (nSPS) is 18.4. The Bertz CT molecular complexity index is 934. The van der Waals surface area contributed by atoms with Gasteiger partial charge in [0.25, 0.3) is 5.91 Å². The number of nitrogens with one attached hydrogen (secondary N) is 2. The Kier molecular flexibility index (Phi) is 6.49. The molecule has 1 aromatic heterocycles. The van der Waals surface area contributed by atoms with E-state index >= 15 is 0 Å². The van der Waals surface area contributed by atoms with Crippen LogP contribution in [0.2, 0.25) is 0 Å². The lowest BCUT2D eigenvalue weighted by Gasteiger charge is -2.24. The fraction of sp³-hybridized carbons (Fsp3) is 0.318. The van der Waals surface area contributed by atoms with Gasteiger partial charge >= 0.3 is 5.97 Å². The number of carbonyl (C=O) groups is 3. The molecule has 152 valence electrons. The molecule has 0 unspecified atom stereocenters. The fourth-order valence-electron chi connectivity index (χ4n) is 3.26. The van der Waals surface area contributed by atoms with Gasteiger partial charge in [-0.15, -0.1) is 11.3 Å². The lowest BCUT2D eigenvalue weighted by Crippen LogP contribution is -2.34. The summed E-state index contributed by atoms with van der Waals surface area (Å²) in [5.74, 6) is -2.89. The van der Waals surface area contributed by atoms with E-state index in [9.17, 15) is 19.5 Å². The largest absolute Gasteiger partial charge is 0.481 e. The lowest BCUT2D eigenvalue weighted by molar-refractivity contribution is -0.146. The maximum Gasteiger partial charge on any atom is 0.307 e. The molecule has 2 atom stereocenters. The van der Waals surface area contributed by atoms with Gasteiger partial charge in [-0.25, -0.2) is 0 Å². The first-order chi connectivity index (χ1) is 13.9. The summed E-state index contributed by atoms with van der Waals surface area (Å²) in [7, 11) is 0. The molecule has 0 saturated carbocycles. The van der Waals surface area contributed by atoms with Crippen LogP contribution in [0.25, 0.3) is 0 Å². The van der Waals surface area contributed by atoms with Crippen LogP contribution in [0.5, 0.6) is 0 Å². The first-order valence-electron chi connectivity index (χ1n) is 9.55. The number of allylic oxidation sites excluding steroid dienone is 2. The maximum atomic E-state index is 12.9. The molecule has 1 heterocycles. The van der Waals surface area contributed by atoms with E-state index in [1.807, 2.05) is 38.1 Å². The minimum atomic E-state index is -0.981. The van der Waals surface area contributed by atoms with E-state index in [1.54, 1.807) is 24.3 Å². The Hall–Kier alpha value is -2.93. The van der Waals surface area contributed by atoms with Crippen molar-refractivity contribution in [2.75, 3.05) is 10.6 Å². The van der Waals surface area contributed by atoms with Gasteiger partial charge in [0.2, 0.25) is 5.91 Å². The molecule has 0 aliphatic heterocycles. The number of benzene rings is 1. The average Bonchev–Trinajstić information content (AvgIpc) is 3.13. The molecule has 3 N–H and O–H groups in total. The van der Waals surface area contributed by atoms with Crippen molar-refractivity contribution in [3.63, 3.8) is 0 Å². The third-order valence-corrected chi connectivity index (χ3v) is 6.27. The van der Waals surface area contributed by atoms with Gasteiger partial charge in [-0.3, -0.25) is 14.4 Å². The van der Waals surface area contributed by atoms with E-state index < -0.39 is 17.8 Å². The summed E-state index contributed by atoms with van der Waals surface area (Å²) in [5, 5.41) is 15.6. The standard InChI is InChI=1S/C22H24N2O4S/c1-13(2)18-12-17(20(26)23-14-8-4-3-5-9-14)21(29-18)24-19(25)15-10-6-7-11-16(15)22(27)28/h3-9,12-13,15-16H,10-11H2,1-2H3,(H,23,26)(H,24,25)(H,27,28)/t15-,16-/m0/s1. The zero-order valence-corrected chi connectivity index (χ0v) is 17.2. The predicted octanol–water partition coefficient (Wildman–Crippen LogP) is 4.73. The summed E-state index contributed by atoms with van der Waals surface area (Å²) >= 11 is 1.35. The van der Waals surface area contributed by atoms with E-state index in [2.05, 4.69) is 10.6 Å². The van der Waals surface area contributed by atoms with Gasteiger partial charge in [0.1, 0.15) is 5.00 Å². The summed E-state index contributed by atoms with van der Waals surface area (Å²) in [5.41, 5.74) is 1.05. The molecule has 29 heavy (non-hydrogen) atoms. The fourth-order valence-corrected chi connectivity index (χ4v) is 4.32. The van der Waals surface area contributed by atoms with Crippen molar-refractivity contribution in [3.8, 4) is 0 Å². The van der Waals surface area contributed by atoms with Crippen LogP contribution in [0, 0.1) is 11.8 Å². The summed E-state index contributed by atoms with van der Waals surface area (Å²) in [6.07, 6.45) is 4.33. The smallest absolute Gasteiger partial charge is 0.307 e. The molecule has 2 aromatic rings. The number of anilines is 2. The minimum absolute atomic E-state index is 0.193. The molecule has 0 saturated heterocycles. The van der Waals surface area contributed by atoms with Gasteiger partial charge in [-0.2, -0.15) is 0 Å². The third-order valence-electron chi connectivity index (χ3n) is 4.92. The molecule has 6 nitrogen and oxygen atoms in total. The molecule has 0 radical (unpaired) electrons. The average molecular weight is 413 g/mol. The molecule has 2 amide bonds. The van der Waals surface area contributed by atoms with Crippen molar-refractivity contribution < 1.29 is 19.5 Å². The predicted molar refractivity (Wildman–Crippen MR) is 114 cm³/mol.